The summed E-state index contributed by atoms with van der Waals surface area (Å²) in [5.74, 6) is 0. The van der Waals surface area contributed by atoms with Crippen molar-refractivity contribution in [1.82, 2.24) is 5.32 Å². The highest BCUT2D eigenvalue weighted by Crippen LogP contribution is 1.84. The smallest absolute Gasteiger partial charge is 0.438 e. The first-order valence-electron chi connectivity index (χ1n) is 3.16. The second kappa shape index (κ2) is 6.35. The zero-order chi connectivity index (χ0) is 7.82. The van der Waals surface area contributed by atoms with Crippen LogP contribution in [0, 0.1) is 0 Å². The quantitative estimate of drug-likeness (QED) is 0.461. The Morgan fingerprint density at radius 3 is 2.80 bits per heavy atom. The van der Waals surface area contributed by atoms with Crippen LogP contribution in [0.15, 0.2) is 0 Å². The molecule has 0 bridgehead atoms. The second-order valence-corrected chi connectivity index (χ2v) is 1.76. The minimum atomic E-state index is -0.615. The molecule has 0 aromatic carbocycles. The van der Waals surface area contributed by atoms with Gasteiger partial charge in [-0.05, 0) is 20.0 Å². The van der Waals surface area contributed by atoms with E-state index in [1.807, 2.05) is 7.05 Å². The van der Waals surface area contributed by atoms with Crippen LogP contribution in [0.2, 0.25) is 0 Å². The Bertz CT molecular complexity index is 95.0. The largest absolute Gasteiger partial charge is 0.507 e. The van der Waals surface area contributed by atoms with Gasteiger partial charge < -0.3 is 14.8 Å². The molecule has 0 rings (SSSR count). The highest BCUT2D eigenvalue weighted by Gasteiger charge is 1.97. The number of ether oxygens (including phenoxy) is 2. The van der Waals surface area contributed by atoms with Crippen molar-refractivity contribution in [1.29, 1.82) is 0 Å². The summed E-state index contributed by atoms with van der Waals surface area (Å²) < 4.78 is 8.84. The van der Waals surface area contributed by atoms with Gasteiger partial charge >= 0.3 is 6.16 Å². The molecule has 10 heavy (non-hydrogen) atoms. The Kier molecular flexibility index (Phi) is 5.86. The van der Waals surface area contributed by atoms with Gasteiger partial charge in [-0.15, -0.1) is 0 Å². The van der Waals surface area contributed by atoms with Gasteiger partial charge in [-0.2, -0.15) is 0 Å². The van der Waals surface area contributed by atoms with Gasteiger partial charge in [0.05, 0.1) is 13.7 Å². The molecule has 0 amide bonds. The first kappa shape index (κ1) is 9.23. The third kappa shape index (κ3) is 5.37. The van der Waals surface area contributed by atoms with Crippen LogP contribution < -0.4 is 5.32 Å². The van der Waals surface area contributed by atoms with Gasteiger partial charge in [0.15, 0.2) is 0 Å². The minimum absolute atomic E-state index is 0.410. The predicted molar refractivity (Wildman–Crippen MR) is 36.9 cm³/mol. The maximum Gasteiger partial charge on any atom is 0.507 e. The highest BCUT2D eigenvalue weighted by atomic mass is 16.7. The van der Waals surface area contributed by atoms with E-state index in [0.29, 0.717) is 6.61 Å². The maximum atomic E-state index is 10.3. The van der Waals surface area contributed by atoms with Crippen LogP contribution in [0.4, 0.5) is 4.79 Å². The summed E-state index contributed by atoms with van der Waals surface area (Å²) in [6.07, 6.45) is 0.196. The molecular weight excluding hydrogens is 134 g/mol. The predicted octanol–water partition coefficient (Wildman–Crippen LogP) is 0.379. The van der Waals surface area contributed by atoms with Crippen LogP contribution in [0.3, 0.4) is 0 Å². The molecule has 60 valence electrons. The molecule has 0 spiro atoms. The molecule has 0 unspecified atom stereocenters. The Morgan fingerprint density at radius 2 is 2.30 bits per heavy atom. The van der Waals surface area contributed by atoms with E-state index in [0.717, 1.165) is 13.0 Å². The zero-order valence-corrected chi connectivity index (χ0v) is 6.35. The van der Waals surface area contributed by atoms with Gasteiger partial charge in [-0.25, -0.2) is 4.79 Å². The fourth-order valence-electron chi connectivity index (χ4n) is 0.463. The topological polar surface area (TPSA) is 47.6 Å². The summed E-state index contributed by atoms with van der Waals surface area (Å²) in [4.78, 5) is 10.3. The number of rotatable bonds is 4. The molecule has 4 heteroatoms. The molecule has 0 saturated heterocycles. The molecule has 0 aliphatic carbocycles. The first-order valence-corrected chi connectivity index (χ1v) is 3.16. The average molecular weight is 147 g/mol. The fraction of sp³-hybridized carbons (Fsp3) is 0.833. The van der Waals surface area contributed by atoms with E-state index in [1.165, 1.54) is 7.11 Å². The normalized spacial score (nSPS) is 9.00. The Morgan fingerprint density at radius 1 is 1.60 bits per heavy atom. The number of nitrogens with one attached hydrogen (secondary N) is 1. The molecule has 0 saturated carbocycles. The van der Waals surface area contributed by atoms with Crippen LogP contribution in [0.1, 0.15) is 6.42 Å². The third-order valence-electron chi connectivity index (χ3n) is 0.958. The molecule has 0 aliphatic rings. The first-order chi connectivity index (χ1) is 4.81. The molecular formula is C6H13NO3. The SMILES string of the molecule is CNCCCOC(=O)OC. The van der Waals surface area contributed by atoms with Gasteiger partial charge in [0.2, 0.25) is 0 Å². The summed E-state index contributed by atoms with van der Waals surface area (Å²) in [6, 6.07) is 0. The number of hydrogen-bond donors (Lipinski definition) is 1. The van der Waals surface area contributed by atoms with Crippen molar-refractivity contribution in [3.05, 3.63) is 0 Å². The van der Waals surface area contributed by atoms with Crippen LogP contribution in [-0.2, 0) is 9.47 Å². The van der Waals surface area contributed by atoms with Crippen LogP contribution in [0.5, 0.6) is 0 Å². The minimum Gasteiger partial charge on any atom is -0.438 e. The van der Waals surface area contributed by atoms with Gasteiger partial charge in [0, 0.05) is 0 Å². The van der Waals surface area contributed by atoms with E-state index in [2.05, 4.69) is 14.8 Å². The molecule has 0 atom stereocenters. The summed E-state index contributed by atoms with van der Waals surface area (Å²) in [6.45, 7) is 1.25. The maximum absolute atomic E-state index is 10.3. The van der Waals surface area contributed by atoms with E-state index >= 15 is 0 Å². The average Bonchev–Trinajstić information content (AvgIpc) is 1.98. The van der Waals surface area contributed by atoms with Crippen molar-refractivity contribution >= 4 is 6.16 Å². The molecule has 1 N–H and O–H groups in total. The zero-order valence-electron chi connectivity index (χ0n) is 6.35. The summed E-state index contributed by atoms with van der Waals surface area (Å²) in [7, 11) is 3.14. The van der Waals surface area contributed by atoms with Crippen molar-refractivity contribution in [2.45, 2.75) is 6.42 Å². The lowest BCUT2D eigenvalue weighted by Gasteiger charge is -2.01. The Labute approximate surface area is 60.5 Å². The lowest BCUT2D eigenvalue weighted by Crippen LogP contribution is -2.12. The molecule has 0 radical (unpaired) electrons. The second-order valence-electron chi connectivity index (χ2n) is 1.76. The third-order valence-corrected chi connectivity index (χ3v) is 0.958. The van der Waals surface area contributed by atoms with Crippen LogP contribution in [0.25, 0.3) is 0 Å². The van der Waals surface area contributed by atoms with E-state index < -0.39 is 6.16 Å². The molecule has 0 aromatic heterocycles. The molecule has 0 heterocycles. The Balaban J connectivity index is 2.96. The summed E-state index contributed by atoms with van der Waals surface area (Å²) in [5.41, 5.74) is 0. The molecule has 0 aromatic rings. The lowest BCUT2D eigenvalue weighted by atomic mass is 10.5. The van der Waals surface area contributed by atoms with E-state index in [9.17, 15) is 4.79 Å². The number of methoxy groups -OCH3 is 1. The van der Waals surface area contributed by atoms with Gasteiger partial charge in [0.25, 0.3) is 0 Å². The van der Waals surface area contributed by atoms with Gasteiger partial charge in [-0.3, -0.25) is 0 Å². The number of hydrogen-bond acceptors (Lipinski definition) is 4. The highest BCUT2D eigenvalue weighted by molar-refractivity contribution is 5.59. The molecule has 0 aliphatic heterocycles. The van der Waals surface area contributed by atoms with Gasteiger partial charge in [0.1, 0.15) is 0 Å². The summed E-state index contributed by atoms with van der Waals surface area (Å²) >= 11 is 0. The van der Waals surface area contributed by atoms with Crippen LogP contribution >= 0.6 is 0 Å². The van der Waals surface area contributed by atoms with Crippen molar-refractivity contribution in [3.63, 3.8) is 0 Å². The summed E-state index contributed by atoms with van der Waals surface area (Å²) in [5, 5.41) is 2.93. The van der Waals surface area contributed by atoms with E-state index in [-0.39, 0.29) is 0 Å². The van der Waals surface area contributed by atoms with E-state index in [4.69, 9.17) is 0 Å². The van der Waals surface area contributed by atoms with Crippen molar-refractivity contribution in [3.8, 4) is 0 Å². The fourth-order valence-corrected chi connectivity index (χ4v) is 0.463. The Hall–Kier alpha value is -0.770. The number of carbonyl (C=O) groups is 1. The van der Waals surface area contributed by atoms with E-state index in [1.54, 1.807) is 0 Å². The lowest BCUT2D eigenvalue weighted by molar-refractivity contribution is 0.0720. The van der Waals surface area contributed by atoms with Crippen LogP contribution in [-0.4, -0.2) is 33.5 Å². The van der Waals surface area contributed by atoms with Crippen molar-refractivity contribution < 1.29 is 14.3 Å². The monoisotopic (exact) mass is 147 g/mol. The molecule has 0 fully saturated rings. The number of carbonyl (C=O) groups excluding carboxylic acids is 1. The van der Waals surface area contributed by atoms with Crippen molar-refractivity contribution in [2.75, 3.05) is 27.3 Å². The molecule has 4 nitrogen and oxygen atoms in total. The van der Waals surface area contributed by atoms with Gasteiger partial charge in [-0.1, -0.05) is 0 Å². The standard InChI is InChI=1S/C6H13NO3/c1-7-4-3-5-10-6(8)9-2/h7H,3-5H2,1-2H3. The van der Waals surface area contributed by atoms with Crippen molar-refractivity contribution in [2.24, 2.45) is 0 Å².